The van der Waals surface area contributed by atoms with Gasteiger partial charge in [0.05, 0.1) is 0 Å². The van der Waals surface area contributed by atoms with E-state index in [4.69, 9.17) is 5.73 Å². The van der Waals surface area contributed by atoms with Crippen molar-refractivity contribution in [2.24, 2.45) is 11.7 Å². The van der Waals surface area contributed by atoms with E-state index in [-0.39, 0.29) is 17.8 Å². The molecule has 2 N–H and O–H groups in total. The number of rotatable bonds is 7. The summed E-state index contributed by atoms with van der Waals surface area (Å²) in [7, 11) is 2.10. The highest BCUT2D eigenvalue weighted by Crippen LogP contribution is 2.22. The molecular formula is C15H25FN2. The number of halogens is 1. The second-order valence-corrected chi connectivity index (χ2v) is 5.14. The number of nitrogens with two attached hydrogens (primary N) is 1. The number of benzene rings is 1. The lowest BCUT2D eigenvalue weighted by Gasteiger charge is -2.26. The molecule has 0 aliphatic rings. The van der Waals surface area contributed by atoms with Crippen molar-refractivity contribution in [2.75, 3.05) is 20.1 Å². The second-order valence-electron chi connectivity index (χ2n) is 5.14. The molecule has 0 saturated heterocycles. The molecule has 2 nitrogen and oxygen atoms in total. The van der Waals surface area contributed by atoms with Crippen molar-refractivity contribution in [3.63, 3.8) is 0 Å². The van der Waals surface area contributed by atoms with Crippen LogP contribution < -0.4 is 5.73 Å². The van der Waals surface area contributed by atoms with Crippen LogP contribution in [0.3, 0.4) is 0 Å². The molecule has 0 aromatic heterocycles. The minimum atomic E-state index is -0.240. The van der Waals surface area contributed by atoms with Crippen LogP contribution in [0, 0.1) is 11.7 Å². The highest BCUT2D eigenvalue weighted by molar-refractivity contribution is 5.21. The van der Waals surface area contributed by atoms with Crippen LogP contribution >= 0.6 is 0 Å². The van der Waals surface area contributed by atoms with Crippen molar-refractivity contribution >= 4 is 0 Å². The smallest absolute Gasteiger partial charge is 0.127 e. The van der Waals surface area contributed by atoms with Gasteiger partial charge >= 0.3 is 0 Å². The molecule has 1 rings (SSSR count). The first-order valence-corrected chi connectivity index (χ1v) is 6.74. The average molecular weight is 252 g/mol. The quantitative estimate of drug-likeness (QED) is 0.807. The first kappa shape index (κ1) is 15.1. The van der Waals surface area contributed by atoms with Gasteiger partial charge in [0.15, 0.2) is 0 Å². The Labute approximate surface area is 110 Å². The van der Waals surface area contributed by atoms with E-state index in [1.54, 1.807) is 12.1 Å². The van der Waals surface area contributed by atoms with Gasteiger partial charge in [-0.1, -0.05) is 38.5 Å². The van der Waals surface area contributed by atoms with Crippen molar-refractivity contribution < 1.29 is 4.39 Å². The minimum absolute atomic E-state index is 0.201. The van der Waals surface area contributed by atoms with E-state index in [0.29, 0.717) is 5.56 Å². The van der Waals surface area contributed by atoms with Crippen LogP contribution in [0.4, 0.5) is 4.39 Å². The van der Waals surface area contributed by atoms with E-state index in [1.165, 1.54) is 18.9 Å². The lowest BCUT2D eigenvalue weighted by atomic mass is 9.94. The van der Waals surface area contributed by atoms with E-state index in [9.17, 15) is 4.39 Å². The SMILES string of the molecule is CCCCN(C)CC(C)C(N)c1ccccc1F. The zero-order chi connectivity index (χ0) is 13.5. The molecule has 1 aromatic carbocycles. The van der Waals surface area contributed by atoms with Gasteiger partial charge in [0.2, 0.25) is 0 Å². The predicted molar refractivity (Wildman–Crippen MR) is 74.9 cm³/mol. The van der Waals surface area contributed by atoms with Crippen LogP contribution in [0.1, 0.15) is 38.3 Å². The van der Waals surface area contributed by atoms with Crippen molar-refractivity contribution in [1.29, 1.82) is 0 Å². The molecule has 0 amide bonds. The third-order valence-corrected chi connectivity index (χ3v) is 3.37. The highest BCUT2D eigenvalue weighted by atomic mass is 19.1. The fourth-order valence-electron chi connectivity index (χ4n) is 2.18. The summed E-state index contributed by atoms with van der Waals surface area (Å²) in [5, 5.41) is 0. The molecule has 0 radical (unpaired) electrons. The maximum Gasteiger partial charge on any atom is 0.127 e. The van der Waals surface area contributed by atoms with Gasteiger partial charge in [0.1, 0.15) is 5.82 Å². The van der Waals surface area contributed by atoms with Crippen LogP contribution in [0.25, 0.3) is 0 Å². The van der Waals surface area contributed by atoms with Gasteiger partial charge in [0.25, 0.3) is 0 Å². The molecule has 0 aliphatic heterocycles. The van der Waals surface area contributed by atoms with Gasteiger partial charge in [-0.15, -0.1) is 0 Å². The van der Waals surface area contributed by atoms with E-state index < -0.39 is 0 Å². The molecule has 0 saturated carbocycles. The van der Waals surface area contributed by atoms with E-state index >= 15 is 0 Å². The Hall–Kier alpha value is -0.930. The van der Waals surface area contributed by atoms with Crippen molar-refractivity contribution in [2.45, 2.75) is 32.7 Å². The summed E-state index contributed by atoms with van der Waals surface area (Å²) in [5.74, 6) is 0.0387. The summed E-state index contributed by atoms with van der Waals surface area (Å²) >= 11 is 0. The maximum atomic E-state index is 13.6. The molecule has 0 aliphatic carbocycles. The first-order valence-electron chi connectivity index (χ1n) is 6.74. The molecule has 0 bridgehead atoms. The number of hydrogen-bond acceptors (Lipinski definition) is 2. The third kappa shape index (κ3) is 4.39. The largest absolute Gasteiger partial charge is 0.324 e. The molecular weight excluding hydrogens is 227 g/mol. The predicted octanol–water partition coefficient (Wildman–Crippen LogP) is 3.19. The Morgan fingerprint density at radius 1 is 1.33 bits per heavy atom. The van der Waals surface area contributed by atoms with Crippen molar-refractivity contribution in [1.82, 2.24) is 4.90 Å². The molecule has 1 aromatic rings. The Kier molecular flexibility index (Phi) is 6.30. The van der Waals surface area contributed by atoms with E-state index in [0.717, 1.165) is 13.1 Å². The van der Waals surface area contributed by atoms with Gasteiger partial charge < -0.3 is 10.6 Å². The average Bonchev–Trinajstić information content (AvgIpc) is 2.36. The van der Waals surface area contributed by atoms with Crippen LogP contribution in [0.15, 0.2) is 24.3 Å². The topological polar surface area (TPSA) is 29.3 Å². The molecule has 0 fully saturated rings. The number of hydrogen-bond donors (Lipinski definition) is 1. The van der Waals surface area contributed by atoms with E-state index in [1.807, 2.05) is 6.07 Å². The summed E-state index contributed by atoms with van der Waals surface area (Å²) in [5.41, 5.74) is 6.77. The lowest BCUT2D eigenvalue weighted by Crippen LogP contribution is -2.32. The maximum absolute atomic E-state index is 13.6. The fraction of sp³-hybridized carbons (Fsp3) is 0.600. The monoisotopic (exact) mass is 252 g/mol. The summed E-state index contributed by atoms with van der Waals surface area (Å²) in [4.78, 5) is 2.27. The molecule has 0 spiro atoms. The van der Waals surface area contributed by atoms with Crippen molar-refractivity contribution in [3.05, 3.63) is 35.6 Å². The van der Waals surface area contributed by atoms with Crippen LogP contribution in [0.5, 0.6) is 0 Å². The minimum Gasteiger partial charge on any atom is -0.324 e. The lowest BCUT2D eigenvalue weighted by molar-refractivity contribution is 0.259. The van der Waals surface area contributed by atoms with E-state index in [2.05, 4.69) is 25.8 Å². The summed E-state index contributed by atoms with van der Waals surface area (Å²) in [6.07, 6.45) is 2.39. The zero-order valence-electron chi connectivity index (χ0n) is 11.7. The van der Waals surface area contributed by atoms with Gasteiger partial charge in [-0.25, -0.2) is 4.39 Å². The summed E-state index contributed by atoms with van der Waals surface area (Å²) < 4.78 is 13.6. The Balaban J connectivity index is 2.56. The normalized spacial score (nSPS) is 14.8. The second kappa shape index (κ2) is 7.49. The standard InChI is InChI=1S/C15H25FN2/c1-4-5-10-18(3)11-12(2)15(17)13-8-6-7-9-14(13)16/h6-9,12,15H,4-5,10-11,17H2,1-3H3. The molecule has 0 heterocycles. The number of nitrogens with zero attached hydrogens (tertiary/aromatic N) is 1. The molecule has 102 valence electrons. The van der Waals surface area contributed by atoms with Gasteiger partial charge in [-0.05, 0) is 32.0 Å². The van der Waals surface area contributed by atoms with Gasteiger partial charge in [-0.3, -0.25) is 0 Å². The van der Waals surface area contributed by atoms with Crippen LogP contribution in [-0.4, -0.2) is 25.0 Å². The Morgan fingerprint density at radius 3 is 2.61 bits per heavy atom. The Morgan fingerprint density at radius 2 is 2.00 bits per heavy atom. The number of unbranched alkanes of at least 4 members (excludes halogenated alkanes) is 1. The third-order valence-electron chi connectivity index (χ3n) is 3.37. The molecule has 18 heavy (non-hydrogen) atoms. The summed E-state index contributed by atoms with van der Waals surface area (Å²) in [6, 6.07) is 6.55. The fourth-order valence-corrected chi connectivity index (χ4v) is 2.18. The molecule has 2 unspecified atom stereocenters. The molecule has 2 atom stereocenters. The van der Waals surface area contributed by atoms with Crippen molar-refractivity contribution in [3.8, 4) is 0 Å². The highest BCUT2D eigenvalue weighted by Gasteiger charge is 2.19. The Bertz CT molecular complexity index is 354. The van der Waals surface area contributed by atoms with Gasteiger partial charge in [-0.2, -0.15) is 0 Å². The zero-order valence-corrected chi connectivity index (χ0v) is 11.7. The summed E-state index contributed by atoms with van der Waals surface area (Å²) in [6.45, 7) is 6.24. The molecule has 3 heteroatoms. The van der Waals surface area contributed by atoms with Crippen LogP contribution in [0.2, 0.25) is 0 Å². The van der Waals surface area contributed by atoms with Crippen LogP contribution in [-0.2, 0) is 0 Å². The first-order chi connectivity index (χ1) is 8.56. The van der Waals surface area contributed by atoms with Gasteiger partial charge in [0, 0.05) is 18.2 Å².